The summed E-state index contributed by atoms with van der Waals surface area (Å²) in [5.41, 5.74) is 3.94. The van der Waals surface area contributed by atoms with Crippen molar-refractivity contribution in [2.45, 2.75) is 44.6 Å². The third kappa shape index (κ3) is 4.49. The second kappa shape index (κ2) is 8.82. The summed E-state index contributed by atoms with van der Waals surface area (Å²) in [6, 6.07) is 16.2. The van der Waals surface area contributed by atoms with Crippen LogP contribution in [-0.2, 0) is 27.2 Å². The van der Waals surface area contributed by atoms with Crippen LogP contribution in [0.2, 0.25) is 0 Å². The summed E-state index contributed by atoms with van der Waals surface area (Å²) in [7, 11) is 0. The maximum absolute atomic E-state index is 12.9. The van der Waals surface area contributed by atoms with Gasteiger partial charge in [0.05, 0.1) is 6.42 Å². The standard InChI is InChI=1S/C24H26N4O4/c1-24(14-13-17-6-3-2-4-7-17)22(31)28(23(32)25-24)26-20(29)16-18-9-11-19(12-10-18)27-15-5-8-21(27)30/h2-4,6-7,9-12H,5,8,13-16H2,1H3,(H,25,32)(H,26,29)/t24-/m1/s1. The fraction of sp³-hybridized carbons (Fsp3) is 0.333. The maximum Gasteiger partial charge on any atom is 0.344 e. The molecule has 2 saturated heterocycles. The first kappa shape index (κ1) is 21.5. The SMILES string of the molecule is C[C@]1(CCc2ccccc2)NC(=O)N(NC(=O)Cc2ccc(N3CCCC3=O)cc2)C1=O. The predicted octanol–water partition coefficient (Wildman–Crippen LogP) is 2.33. The van der Waals surface area contributed by atoms with E-state index in [-0.39, 0.29) is 12.3 Å². The van der Waals surface area contributed by atoms with Crippen LogP contribution in [0.15, 0.2) is 54.6 Å². The minimum absolute atomic E-state index is 0.00597. The van der Waals surface area contributed by atoms with Crippen LogP contribution in [0, 0.1) is 0 Å². The fourth-order valence-corrected chi connectivity index (χ4v) is 4.06. The largest absolute Gasteiger partial charge is 0.344 e. The van der Waals surface area contributed by atoms with E-state index in [1.165, 1.54) is 0 Å². The molecular weight excluding hydrogens is 408 g/mol. The number of urea groups is 1. The number of hydrogen-bond donors (Lipinski definition) is 2. The van der Waals surface area contributed by atoms with E-state index in [9.17, 15) is 19.2 Å². The normalized spacial score (nSPS) is 20.6. The zero-order chi connectivity index (χ0) is 22.7. The molecular formula is C24H26N4O4. The Labute approximate surface area is 186 Å². The van der Waals surface area contributed by atoms with Crippen LogP contribution in [0.25, 0.3) is 0 Å². The Kier molecular flexibility index (Phi) is 5.94. The molecule has 2 aliphatic heterocycles. The Bertz CT molecular complexity index is 1040. The van der Waals surface area contributed by atoms with Crippen LogP contribution < -0.4 is 15.6 Å². The summed E-state index contributed by atoms with van der Waals surface area (Å²) in [5.74, 6) is -0.843. The minimum atomic E-state index is -1.08. The van der Waals surface area contributed by atoms with Crippen molar-refractivity contribution in [2.75, 3.05) is 11.4 Å². The molecule has 2 N–H and O–H groups in total. The average molecular weight is 434 g/mol. The summed E-state index contributed by atoms with van der Waals surface area (Å²) in [6.07, 6.45) is 2.45. The van der Waals surface area contributed by atoms with Gasteiger partial charge in [-0.1, -0.05) is 42.5 Å². The molecule has 2 heterocycles. The van der Waals surface area contributed by atoms with E-state index in [2.05, 4.69) is 10.7 Å². The van der Waals surface area contributed by atoms with E-state index >= 15 is 0 Å². The van der Waals surface area contributed by atoms with Crippen LogP contribution in [-0.4, -0.2) is 40.8 Å². The maximum atomic E-state index is 12.9. The Balaban J connectivity index is 1.34. The topological polar surface area (TPSA) is 98.8 Å². The van der Waals surface area contributed by atoms with Crippen molar-refractivity contribution in [1.29, 1.82) is 0 Å². The highest BCUT2D eigenvalue weighted by Gasteiger charge is 2.48. The van der Waals surface area contributed by atoms with Crippen molar-refractivity contribution in [3.05, 3.63) is 65.7 Å². The Morgan fingerprint density at radius 1 is 1.03 bits per heavy atom. The lowest BCUT2D eigenvalue weighted by molar-refractivity contribution is -0.138. The molecule has 0 aliphatic carbocycles. The number of imide groups is 1. The molecule has 5 amide bonds. The summed E-state index contributed by atoms with van der Waals surface area (Å²) in [4.78, 5) is 51.3. The Morgan fingerprint density at radius 2 is 1.75 bits per heavy atom. The number of carbonyl (C=O) groups is 4. The van der Waals surface area contributed by atoms with Crippen molar-refractivity contribution in [2.24, 2.45) is 0 Å². The number of benzene rings is 2. The van der Waals surface area contributed by atoms with Gasteiger partial charge in [0.1, 0.15) is 5.54 Å². The van der Waals surface area contributed by atoms with E-state index in [1.54, 1.807) is 36.1 Å². The van der Waals surface area contributed by atoms with Gasteiger partial charge in [0, 0.05) is 18.7 Å². The predicted molar refractivity (Wildman–Crippen MR) is 118 cm³/mol. The monoisotopic (exact) mass is 434 g/mol. The van der Waals surface area contributed by atoms with Crippen molar-refractivity contribution >= 4 is 29.4 Å². The third-order valence-electron chi connectivity index (χ3n) is 5.94. The summed E-state index contributed by atoms with van der Waals surface area (Å²) in [5, 5.41) is 3.47. The number of anilines is 1. The van der Waals surface area contributed by atoms with Crippen LogP contribution in [0.4, 0.5) is 10.5 Å². The summed E-state index contributed by atoms with van der Waals surface area (Å²) in [6.45, 7) is 2.37. The number of amides is 5. The van der Waals surface area contributed by atoms with Gasteiger partial charge in [-0.15, -0.1) is 0 Å². The molecule has 2 aliphatic rings. The van der Waals surface area contributed by atoms with Crippen LogP contribution in [0.1, 0.15) is 37.3 Å². The van der Waals surface area contributed by atoms with E-state index in [0.29, 0.717) is 25.8 Å². The summed E-state index contributed by atoms with van der Waals surface area (Å²) >= 11 is 0. The Hall–Kier alpha value is -3.68. The lowest BCUT2D eigenvalue weighted by Crippen LogP contribution is -2.49. The Morgan fingerprint density at radius 3 is 2.41 bits per heavy atom. The second-order valence-electron chi connectivity index (χ2n) is 8.42. The molecule has 0 spiro atoms. The van der Waals surface area contributed by atoms with Gasteiger partial charge in [-0.25, -0.2) is 4.79 Å². The van der Waals surface area contributed by atoms with E-state index < -0.39 is 23.4 Å². The lowest BCUT2D eigenvalue weighted by Gasteiger charge is -2.21. The first-order valence-corrected chi connectivity index (χ1v) is 10.8. The van der Waals surface area contributed by atoms with Gasteiger partial charge < -0.3 is 10.2 Å². The number of carbonyl (C=O) groups excluding carboxylic acids is 4. The molecule has 8 nitrogen and oxygen atoms in total. The zero-order valence-electron chi connectivity index (χ0n) is 18.0. The molecule has 0 bridgehead atoms. The molecule has 166 valence electrons. The molecule has 2 fully saturated rings. The highest BCUT2D eigenvalue weighted by atomic mass is 16.2. The number of aryl methyl sites for hydroxylation is 1. The van der Waals surface area contributed by atoms with Crippen molar-refractivity contribution in [1.82, 2.24) is 15.8 Å². The molecule has 0 radical (unpaired) electrons. The van der Waals surface area contributed by atoms with E-state index in [4.69, 9.17) is 0 Å². The highest BCUT2D eigenvalue weighted by molar-refractivity contribution is 6.07. The second-order valence-corrected chi connectivity index (χ2v) is 8.42. The molecule has 0 unspecified atom stereocenters. The average Bonchev–Trinajstić information content (AvgIpc) is 3.30. The smallest absolute Gasteiger partial charge is 0.322 e. The van der Waals surface area contributed by atoms with Gasteiger partial charge in [0.2, 0.25) is 11.8 Å². The van der Waals surface area contributed by atoms with Gasteiger partial charge in [0.15, 0.2) is 0 Å². The number of nitrogens with one attached hydrogen (secondary N) is 2. The first-order chi connectivity index (χ1) is 15.4. The number of nitrogens with zero attached hydrogens (tertiary/aromatic N) is 2. The highest BCUT2D eigenvalue weighted by Crippen LogP contribution is 2.23. The van der Waals surface area contributed by atoms with Crippen LogP contribution in [0.5, 0.6) is 0 Å². The van der Waals surface area contributed by atoms with Crippen molar-refractivity contribution in [3.63, 3.8) is 0 Å². The van der Waals surface area contributed by atoms with Gasteiger partial charge in [-0.05, 0) is 49.4 Å². The van der Waals surface area contributed by atoms with Gasteiger partial charge in [0.25, 0.3) is 5.91 Å². The molecule has 1 atom stereocenters. The molecule has 4 rings (SSSR count). The zero-order valence-corrected chi connectivity index (χ0v) is 18.0. The minimum Gasteiger partial charge on any atom is -0.322 e. The van der Waals surface area contributed by atoms with Crippen molar-refractivity contribution in [3.8, 4) is 0 Å². The molecule has 0 saturated carbocycles. The van der Waals surface area contributed by atoms with Crippen LogP contribution >= 0.6 is 0 Å². The quantitative estimate of drug-likeness (QED) is 0.654. The van der Waals surface area contributed by atoms with E-state index in [1.807, 2.05) is 30.3 Å². The van der Waals surface area contributed by atoms with Gasteiger partial charge in [-0.3, -0.25) is 19.8 Å². The number of hydrogen-bond acceptors (Lipinski definition) is 4. The lowest BCUT2D eigenvalue weighted by atomic mass is 9.93. The first-order valence-electron chi connectivity index (χ1n) is 10.8. The van der Waals surface area contributed by atoms with Gasteiger partial charge >= 0.3 is 6.03 Å². The number of rotatable bonds is 7. The van der Waals surface area contributed by atoms with E-state index in [0.717, 1.165) is 28.2 Å². The molecule has 0 aromatic heterocycles. The molecule has 8 heteroatoms. The van der Waals surface area contributed by atoms with Crippen LogP contribution in [0.3, 0.4) is 0 Å². The molecule has 2 aromatic rings. The summed E-state index contributed by atoms with van der Waals surface area (Å²) < 4.78 is 0. The third-order valence-corrected chi connectivity index (χ3v) is 5.94. The fourth-order valence-electron chi connectivity index (χ4n) is 4.06. The molecule has 32 heavy (non-hydrogen) atoms. The van der Waals surface area contributed by atoms with Crippen molar-refractivity contribution < 1.29 is 19.2 Å². The number of hydrazine groups is 1. The van der Waals surface area contributed by atoms with Gasteiger partial charge in [-0.2, -0.15) is 5.01 Å². The molecule has 2 aromatic carbocycles.